The molecule has 0 unspecified atom stereocenters. The van der Waals surface area contributed by atoms with Crippen LogP contribution >= 0.6 is 0 Å². The van der Waals surface area contributed by atoms with Gasteiger partial charge in [0, 0.05) is 37.8 Å². The summed E-state index contributed by atoms with van der Waals surface area (Å²) in [5.74, 6) is 0.904. The summed E-state index contributed by atoms with van der Waals surface area (Å²) in [5, 5.41) is 12.8. The van der Waals surface area contributed by atoms with E-state index in [2.05, 4.69) is 36.0 Å². The number of nitrogens with one attached hydrogen (secondary N) is 1. The minimum atomic E-state index is -0.864. The van der Waals surface area contributed by atoms with E-state index >= 15 is 0 Å². The number of amides is 1. The predicted molar refractivity (Wildman–Crippen MR) is 110 cm³/mol. The van der Waals surface area contributed by atoms with Crippen molar-refractivity contribution in [3.05, 3.63) is 11.3 Å². The zero-order valence-corrected chi connectivity index (χ0v) is 17.6. The number of rotatable bonds is 4. The topological polar surface area (TPSA) is 94.1 Å². The molecule has 2 fully saturated rings. The number of aromatic nitrogens is 2. The summed E-state index contributed by atoms with van der Waals surface area (Å²) in [6, 6.07) is 0.839. The molecule has 1 aromatic rings. The average molecular weight is 405 g/mol. The molecule has 1 atom stereocenters. The molecule has 0 spiro atoms. The second-order valence-corrected chi connectivity index (χ2v) is 8.94. The van der Waals surface area contributed by atoms with Gasteiger partial charge in [-0.05, 0) is 53.2 Å². The number of ether oxygens (including phenoxy) is 1. The molecule has 1 amide bonds. The predicted octanol–water partition coefficient (Wildman–Crippen LogP) is 1.17. The summed E-state index contributed by atoms with van der Waals surface area (Å²) in [6.45, 7) is 8.99. The number of hydrogen-bond acceptors (Lipinski definition) is 7. The van der Waals surface area contributed by atoms with Gasteiger partial charge < -0.3 is 29.9 Å². The fourth-order valence-corrected chi connectivity index (χ4v) is 4.68. The number of fused-ring (bicyclic) bond motifs is 1. The zero-order valence-electron chi connectivity index (χ0n) is 17.6. The minimum Gasteiger partial charge on any atom is -0.465 e. The number of likely N-dealkylation sites (tertiary alicyclic amines) is 1. The van der Waals surface area contributed by atoms with Gasteiger partial charge in [0.1, 0.15) is 12.4 Å². The van der Waals surface area contributed by atoms with E-state index in [-0.39, 0.29) is 5.54 Å². The molecule has 2 saturated heterocycles. The Kier molecular flexibility index (Phi) is 5.52. The number of nitrogens with zero attached hydrogens (tertiary/aromatic N) is 5. The van der Waals surface area contributed by atoms with E-state index in [4.69, 9.17) is 14.7 Å². The van der Waals surface area contributed by atoms with Crippen molar-refractivity contribution < 1.29 is 14.6 Å². The van der Waals surface area contributed by atoms with Crippen LogP contribution in [0.1, 0.15) is 37.9 Å². The van der Waals surface area contributed by atoms with Gasteiger partial charge in [-0.1, -0.05) is 0 Å². The van der Waals surface area contributed by atoms with Gasteiger partial charge in [-0.2, -0.15) is 9.97 Å². The van der Waals surface area contributed by atoms with E-state index in [1.807, 2.05) is 0 Å². The maximum atomic E-state index is 11.5. The lowest BCUT2D eigenvalue weighted by atomic mass is 9.96. The van der Waals surface area contributed by atoms with Crippen molar-refractivity contribution in [1.82, 2.24) is 25.1 Å². The molecule has 4 rings (SSSR count). The number of anilines is 1. The van der Waals surface area contributed by atoms with Crippen LogP contribution in [0.4, 0.5) is 10.6 Å². The molecule has 0 aliphatic carbocycles. The van der Waals surface area contributed by atoms with Gasteiger partial charge in [-0.3, -0.25) is 0 Å². The Morgan fingerprint density at radius 2 is 2.14 bits per heavy atom. The smallest absolute Gasteiger partial charge is 0.407 e. The van der Waals surface area contributed by atoms with E-state index in [0.717, 1.165) is 43.0 Å². The number of carbonyl (C=O) groups is 1. The summed E-state index contributed by atoms with van der Waals surface area (Å²) in [5.41, 5.74) is 1.80. The fourth-order valence-electron chi connectivity index (χ4n) is 4.68. The van der Waals surface area contributed by atoms with Crippen LogP contribution in [0.25, 0.3) is 0 Å². The second-order valence-electron chi connectivity index (χ2n) is 8.94. The molecule has 9 nitrogen and oxygen atoms in total. The molecule has 2 N–H and O–H groups in total. The van der Waals surface area contributed by atoms with Crippen LogP contribution in [0.2, 0.25) is 0 Å². The maximum Gasteiger partial charge on any atom is 0.407 e. The Hall–Kier alpha value is -2.13. The molecule has 0 bridgehead atoms. The van der Waals surface area contributed by atoms with E-state index in [9.17, 15) is 9.90 Å². The molecule has 0 aromatic carbocycles. The normalized spacial score (nSPS) is 24.4. The lowest BCUT2D eigenvalue weighted by Gasteiger charge is -2.47. The number of hydrogen-bond donors (Lipinski definition) is 2. The molecule has 160 valence electrons. The summed E-state index contributed by atoms with van der Waals surface area (Å²) in [6.07, 6.45) is 2.34. The van der Waals surface area contributed by atoms with Crippen LogP contribution in [0.15, 0.2) is 0 Å². The van der Waals surface area contributed by atoms with Gasteiger partial charge in [0.15, 0.2) is 0 Å². The first-order valence-electron chi connectivity index (χ1n) is 10.5. The molecule has 9 heteroatoms. The van der Waals surface area contributed by atoms with E-state index in [1.54, 1.807) is 0 Å². The Bertz CT molecular complexity index is 771. The molecule has 4 heterocycles. The molecule has 3 aliphatic heterocycles. The van der Waals surface area contributed by atoms with Crippen LogP contribution in [0.3, 0.4) is 0 Å². The number of piperazine rings is 1. The fraction of sp³-hybridized carbons (Fsp3) is 0.750. The highest BCUT2D eigenvalue weighted by Crippen LogP contribution is 2.33. The summed E-state index contributed by atoms with van der Waals surface area (Å²) in [4.78, 5) is 27.1. The van der Waals surface area contributed by atoms with Gasteiger partial charge in [0.2, 0.25) is 0 Å². The number of likely N-dealkylation sites (N-methyl/N-ethyl adjacent to an activating group) is 1. The lowest BCUT2D eigenvalue weighted by Crippen LogP contribution is -2.61. The first kappa shape index (κ1) is 20.2. The Labute approximate surface area is 172 Å². The van der Waals surface area contributed by atoms with Gasteiger partial charge in [-0.25, -0.2) is 4.79 Å². The van der Waals surface area contributed by atoms with Gasteiger partial charge in [0.05, 0.1) is 11.2 Å². The summed E-state index contributed by atoms with van der Waals surface area (Å²) >= 11 is 0. The molecule has 3 aliphatic rings. The highest BCUT2D eigenvalue weighted by atomic mass is 16.5. The highest BCUT2D eigenvalue weighted by molar-refractivity contribution is 5.66. The monoisotopic (exact) mass is 404 g/mol. The van der Waals surface area contributed by atoms with Crippen molar-refractivity contribution >= 4 is 11.9 Å². The third kappa shape index (κ3) is 4.11. The van der Waals surface area contributed by atoms with Crippen molar-refractivity contribution in [2.45, 2.75) is 51.2 Å². The quantitative estimate of drug-likeness (QED) is 0.773. The van der Waals surface area contributed by atoms with Crippen molar-refractivity contribution in [2.75, 3.05) is 51.3 Å². The second kappa shape index (κ2) is 7.95. The van der Waals surface area contributed by atoms with E-state index in [1.165, 1.54) is 11.3 Å². The highest BCUT2D eigenvalue weighted by Gasteiger charge is 2.38. The SMILES string of the molecule is CN1CCC[C@H]1COc1nc2c(c(N3CCN(C(=O)O)CC3(C)C)n1)CCNC2. The first-order chi connectivity index (χ1) is 13.8. The van der Waals surface area contributed by atoms with Crippen LogP contribution in [0.5, 0.6) is 6.01 Å². The van der Waals surface area contributed by atoms with Crippen molar-refractivity contribution in [3.8, 4) is 6.01 Å². The van der Waals surface area contributed by atoms with Crippen molar-refractivity contribution in [2.24, 2.45) is 0 Å². The molecular weight excluding hydrogens is 372 g/mol. The standard InChI is InChI=1S/C20H32N6O3/c1-20(2)13-25(19(27)28)9-10-26(20)17-15-6-7-21-11-16(15)22-18(23-17)29-12-14-5-4-8-24(14)3/h14,21H,4-13H2,1-3H3,(H,27,28)/t14-/m0/s1. The summed E-state index contributed by atoms with van der Waals surface area (Å²) < 4.78 is 6.06. The lowest BCUT2D eigenvalue weighted by molar-refractivity contribution is 0.123. The molecule has 29 heavy (non-hydrogen) atoms. The third-order valence-corrected chi connectivity index (χ3v) is 6.40. The van der Waals surface area contributed by atoms with Gasteiger partial charge in [-0.15, -0.1) is 0 Å². The zero-order chi connectivity index (χ0) is 20.6. The number of carboxylic acid groups (broad SMARTS) is 1. The van der Waals surface area contributed by atoms with Crippen molar-refractivity contribution in [3.63, 3.8) is 0 Å². The van der Waals surface area contributed by atoms with E-state index < -0.39 is 6.09 Å². The van der Waals surface area contributed by atoms with Crippen LogP contribution in [-0.4, -0.2) is 88.9 Å². The van der Waals surface area contributed by atoms with Crippen LogP contribution < -0.4 is 15.0 Å². The Morgan fingerprint density at radius 3 is 2.83 bits per heavy atom. The minimum absolute atomic E-state index is 0.355. The van der Waals surface area contributed by atoms with Gasteiger partial charge in [0.25, 0.3) is 0 Å². The van der Waals surface area contributed by atoms with E-state index in [0.29, 0.717) is 44.8 Å². The van der Waals surface area contributed by atoms with Gasteiger partial charge >= 0.3 is 12.1 Å². The van der Waals surface area contributed by atoms with Crippen LogP contribution in [0, 0.1) is 0 Å². The third-order valence-electron chi connectivity index (χ3n) is 6.40. The largest absolute Gasteiger partial charge is 0.465 e. The molecule has 0 saturated carbocycles. The van der Waals surface area contributed by atoms with Crippen molar-refractivity contribution in [1.29, 1.82) is 0 Å². The molecular formula is C20H32N6O3. The maximum absolute atomic E-state index is 11.5. The summed E-state index contributed by atoms with van der Waals surface area (Å²) in [7, 11) is 2.13. The molecule has 1 aromatic heterocycles. The Balaban J connectivity index is 1.60. The average Bonchev–Trinajstić information content (AvgIpc) is 3.10. The Morgan fingerprint density at radius 1 is 1.31 bits per heavy atom. The first-order valence-corrected chi connectivity index (χ1v) is 10.5. The molecule has 0 radical (unpaired) electrons. The van der Waals surface area contributed by atoms with Crippen LogP contribution in [-0.2, 0) is 13.0 Å².